The molecule has 0 spiro atoms. The van der Waals surface area contributed by atoms with Gasteiger partial charge in [0.05, 0.1) is 4.47 Å². The zero-order valence-electron chi connectivity index (χ0n) is 9.77. The number of hydrogen-bond donors (Lipinski definition) is 3. The van der Waals surface area contributed by atoms with Crippen molar-refractivity contribution in [1.29, 1.82) is 0 Å². The van der Waals surface area contributed by atoms with Crippen molar-refractivity contribution in [1.82, 2.24) is 5.32 Å². The van der Waals surface area contributed by atoms with Crippen LogP contribution in [0.15, 0.2) is 22.7 Å². The highest BCUT2D eigenvalue weighted by Gasteiger charge is 2.20. The van der Waals surface area contributed by atoms with E-state index < -0.39 is 12.0 Å². The third kappa shape index (κ3) is 4.02. The zero-order valence-corrected chi connectivity index (χ0v) is 11.4. The van der Waals surface area contributed by atoms with E-state index in [1.165, 1.54) is 0 Å². The first-order valence-corrected chi connectivity index (χ1v) is 6.14. The van der Waals surface area contributed by atoms with Gasteiger partial charge in [-0.15, -0.1) is 0 Å². The van der Waals surface area contributed by atoms with Gasteiger partial charge in [-0.1, -0.05) is 19.9 Å². The lowest BCUT2D eigenvalue weighted by molar-refractivity contribution is -0.140. The lowest BCUT2D eigenvalue weighted by Gasteiger charge is -2.18. The highest BCUT2D eigenvalue weighted by molar-refractivity contribution is 9.10. The average Bonchev–Trinajstić information content (AvgIpc) is 2.22. The molecule has 0 saturated carbocycles. The first-order valence-electron chi connectivity index (χ1n) is 5.35. The van der Waals surface area contributed by atoms with Crippen molar-refractivity contribution in [2.24, 2.45) is 5.92 Å². The summed E-state index contributed by atoms with van der Waals surface area (Å²) in [5.41, 5.74) is 0.918. The van der Waals surface area contributed by atoms with Gasteiger partial charge in [-0.25, -0.2) is 0 Å². The fourth-order valence-electron chi connectivity index (χ4n) is 1.50. The molecular formula is C12H16BrNO3. The van der Waals surface area contributed by atoms with Crippen molar-refractivity contribution in [3.05, 3.63) is 28.2 Å². The minimum absolute atomic E-state index is 0.0213. The number of halogens is 1. The van der Waals surface area contributed by atoms with Crippen molar-refractivity contribution >= 4 is 21.9 Å². The molecule has 0 aliphatic rings. The van der Waals surface area contributed by atoms with Crippen LogP contribution in [-0.2, 0) is 11.3 Å². The van der Waals surface area contributed by atoms with Gasteiger partial charge in [-0.2, -0.15) is 0 Å². The molecule has 0 fully saturated rings. The predicted molar refractivity (Wildman–Crippen MR) is 68.9 cm³/mol. The van der Waals surface area contributed by atoms with Gasteiger partial charge >= 0.3 is 5.97 Å². The number of carboxylic acid groups (broad SMARTS) is 1. The summed E-state index contributed by atoms with van der Waals surface area (Å²) in [7, 11) is 0. The number of carbonyl (C=O) groups is 1. The summed E-state index contributed by atoms with van der Waals surface area (Å²) in [6.45, 7) is 4.17. The second-order valence-electron chi connectivity index (χ2n) is 4.23. The Balaban J connectivity index is 2.65. The summed E-state index contributed by atoms with van der Waals surface area (Å²) in [6, 6.07) is 4.53. The monoisotopic (exact) mass is 301 g/mol. The normalized spacial score (nSPS) is 12.7. The summed E-state index contributed by atoms with van der Waals surface area (Å²) < 4.78 is 0.605. The maximum atomic E-state index is 11.0. The molecule has 94 valence electrons. The summed E-state index contributed by atoms with van der Waals surface area (Å²) in [5, 5.41) is 21.3. The van der Waals surface area contributed by atoms with E-state index in [0.717, 1.165) is 5.56 Å². The van der Waals surface area contributed by atoms with Crippen LogP contribution in [0.3, 0.4) is 0 Å². The standard InChI is InChI=1S/C12H16BrNO3/c1-7(2)11(12(16)17)14-6-8-3-4-10(15)9(13)5-8/h3-5,7,11,14-15H,6H2,1-2H3,(H,16,17). The molecule has 1 aromatic carbocycles. The molecule has 1 atom stereocenters. The van der Waals surface area contributed by atoms with Gasteiger partial charge in [-0.3, -0.25) is 4.79 Å². The third-order valence-corrected chi connectivity index (χ3v) is 3.11. The largest absolute Gasteiger partial charge is 0.507 e. The van der Waals surface area contributed by atoms with Crippen molar-refractivity contribution < 1.29 is 15.0 Å². The Morgan fingerprint density at radius 1 is 1.47 bits per heavy atom. The predicted octanol–water partition coefficient (Wildman–Crippen LogP) is 2.35. The molecule has 17 heavy (non-hydrogen) atoms. The van der Waals surface area contributed by atoms with Crippen LogP contribution in [0.25, 0.3) is 0 Å². The Hall–Kier alpha value is -1.07. The number of benzene rings is 1. The first kappa shape index (κ1) is 14.0. The van der Waals surface area contributed by atoms with Crippen molar-refractivity contribution in [2.45, 2.75) is 26.4 Å². The molecule has 0 radical (unpaired) electrons. The summed E-state index contributed by atoms with van der Waals surface area (Å²) in [5.74, 6) is -0.654. The van der Waals surface area contributed by atoms with E-state index in [-0.39, 0.29) is 11.7 Å². The maximum Gasteiger partial charge on any atom is 0.320 e. The number of aromatic hydroxyl groups is 1. The molecule has 4 nitrogen and oxygen atoms in total. The molecule has 0 aliphatic heterocycles. The Morgan fingerprint density at radius 2 is 2.12 bits per heavy atom. The number of aliphatic carboxylic acids is 1. The van der Waals surface area contributed by atoms with Gasteiger partial charge in [-0.05, 0) is 39.5 Å². The number of nitrogens with one attached hydrogen (secondary N) is 1. The van der Waals surface area contributed by atoms with Crippen LogP contribution in [0, 0.1) is 5.92 Å². The zero-order chi connectivity index (χ0) is 13.0. The molecule has 1 rings (SSSR count). The van der Waals surface area contributed by atoms with E-state index in [4.69, 9.17) is 5.11 Å². The van der Waals surface area contributed by atoms with Gasteiger partial charge < -0.3 is 15.5 Å². The topological polar surface area (TPSA) is 69.6 Å². The van der Waals surface area contributed by atoms with E-state index in [1.807, 2.05) is 13.8 Å². The summed E-state index contributed by atoms with van der Waals surface area (Å²) in [6.07, 6.45) is 0. The van der Waals surface area contributed by atoms with Crippen LogP contribution < -0.4 is 5.32 Å². The molecule has 3 N–H and O–H groups in total. The molecule has 0 aromatic heterocycles. The minimum Gasteiger partial charge on any atom is -0.507 e. The van der Waals surface area contributed by atoms with Gasteiger partial charge in [0, 0.05) is 6.54 Å². The van der Waals surface area contributed by atoms with Crippen LogP contribution in [0.2, 0.25) is 0 Å². The lowest BCUT2D eigenvalue weighted by atomic mass is 10.0. The smallest absolute Gasteiger partial charge is 0.320 e. The fraction of sp³-hybridized carbons (Fsp3) is 0.417. The fourth-order valence-corrected chi connectivity index (χ4v) is 1.92. The number of phenols is 1. The van der Waals surface area contributed by atoms with E-state index in [1.54, 1.807) is 18.2 Å². The van der Waals surface area contributed by atoms with E-state index >= 15 is 0 Å². The molecule has 0 bridgehead atoms. The van der Waals surface area contributed by atoms with Crippen molar-refractivity contribution in [3.8, 4) is 5.75 Å². The Labute approximate surface area is 109 Å². The number of hydrogen-bond acceptors (Lipinski definition) is 3. The number of carboxylic acids is 1. The maximum absolute atomic E-state index is 11.0. The highest BCUT2D eigenvalue weighted by Crippen LogP contribution is 2.24. The minimum atomic E-state index is -0.849. The van der Waals surface area contributed by atoms with Crippen LogP contribution in [-0.4, -0.2) is 22.2 Å². The Morgan fingerprint density at radius 3 is 2.59 bits per heavy atom. The molecule has 0 aliphatic carbocycles. The molecule has 1 unspecified atom stereocenters. The summed E-state index contributed by atoms with van der Waals surface area (Å²) >= 11 is 3.22. The number of phenolic OH excluding ortho intramolecular Hbond substituents is 1. The van der Waals surface area contributed by atoms with Crippen LogP contribution in [0.1, 0.15) is 19.4 Å². The molecular weight excluding hydrogens is 286 g/mol. The quantitative estimate of drug-likeness (QED) is 0.781. The first-order chi connectivity index (χ1) is 7.91. The van der Waals surface area contributed by atoms with Gasteiger partial charge in [0.1, 0.15) is 11.8 Å². The molecule has 5 heteroatoms. The average molecular weight is 302 g/mol. The van der Waals surface area contributed by atoms with Gasteiger partial charge in [0.15, 0.2) is 0 Å². The van der Waals surface area contributed by atoms with Crippen LogP contribution >= 0.6 is 15.9 Å². The van der Waals surface area contributed by atoms with Crippen molar-refractivity contribution in [2.75, 3.05) is 0 Å². The second kappa shape index (κ2) is 6.02. The van der Waals surface area contributed by atoms with Gasteiger partial charge in [0.2, 0.25) is 0 Å². The highest BCUT2D eigenvalue weighted by atomic mass is 79.9. The molecule has 0 amide bonds. The van der Waals surface area contributed by atoms with E-state index in [9.17, 15) is 9.90 Å². The SMILES string of the molecule is CC(C)C(NCc1ccc(O)c(Br)c1)C(=O)O. The molecule has 0 heterocycles. The van der Waals surface area contributed by atoms with Crippen LogP contribution in [0.5, 0.6) is 5.75 Å². The van der Waals surface area contributed by atoms with Crippen LogP contribution in [0.4, 0.5) is 0 Å². The van der Waals surface area contributed by atoms with E-state index in [2.05, 4.69) is 21.2 Å². The summed E-state index contributed by atoms with van der Waals surface area (Å²) in [4.78, 5) is 11.0. The Kier molecular flexibility index (Phi) is 4.96. The van der Waals surface area contributed by atoms with E-state index in [0.29, 0.717) is 11.0 Å². The second-order valence-corrected chi connectivity index (χ2v) is 5.08. The molecule has 0 saturated heterocycles. The van der Waals surface area contributed by atoms with Gasteiger partial charge in [0.25, 0.3) is 0 Å². The molecule has 1 aromatic rings. The third-order valence-electron chi connectivity index (χ3n) is 2.47. The van der Waals surface area contributed by atoms with Crippen molar-refractivity contribution in [3.63, 3.8) is 0 Å². The Bertz CT molecular complexity index is 407. The lowest BCUT2D eigenvalue weighted by Crippen LogP contribution is -2.40. The number of rotatable bonds is 5.